The van der Waals surface area contributed by atoms with Crippen LogP contribution in [0.15, 0.2) is 218 Å². The Bertz CT molecular complexity index is 3350. The fraction of sp³-hybridized carbons (Fsp3) is 0.0345. The minimum atomic E-state index is 0.889. The van der Waals surface area contributed by atoms with Crippen molar-refractivity contribution < 1.29 is 0 Å². The predicted octanol–water partition coefficient (Wildman–Crippen LogP) is 15.4. The van der Waals surface area contributed by atoms with E-state index >= 15 is 0 Å². The Morgan fingerprint density at radius 2 is 0.967 bits per heavy atom. The second-order valence-corrected chi connectivity index (χ2v) is 16.1. The largest absolute Gasteiger partial charge is 0.310 e. The molecule has 0 N–H and O–H groups in total. The molecule has 0 saturated heterocycles. The second kappa shape index (κ2) is 14.0. The van der Waals surface area contributed by atoms with E-state index in [-0.39, 0.29) is 0 Å². The molecule has 0 radical (unpaired) electrons. The standard InChI is InChI=1S/C58H40N2/c1-2-11-40(12-3-1)41-24-29-48(30-25-41)59(57-34-28-45-37-47-17-9-14-43-13-8-16-46(58(43)47)35-39-23-33-53(57)54(45)36-39)50-18-10-15-44(38-50)42-26-31-49(32-27-42)60-55-21-6-4-19-51(55)52-20-5-7-22-56(52)60/h1-34,36,38H,35,37H2. The summed E-state index contributed by atoms with van der Waals surface area (Å²) in [5.41, 5.74) is 17.3. The topological polar surface area (TPSA) is 8.17 Å². The summed E-state index contributed by atoms with van der Waals surface area (Å²) in [6, 6.07) is 80.6. The minimum Gasteiger partial charge on any atom is -0.310 e. The third-order valence-corrected chi connectivity index (χ3v) is 12.6. The van der Waals surface area contributed by atoms with Crippen molar-refractivity contribution in [3.05, 3.63) is 241 Å². The number of hydrogen-bond acceptors (Lipinski definition) is 1. The van der Waals surface area contributed by atoms with E-state index < -0.39 is 0 Å². The quantitative estimate of drug-likeness (QED) is 0.164. The summed E-state index contributed by atoms with van der Waals surface area (Å²) in [6.45, 7) is 0. The van der Waals surface area contributed by atoms with E-state index in [9.17, 15) is 0 Å². The average molecular weight is 765 g/mol. The molecule has 1 aliphatic rings. The smallest absolute Gasteiger partial charge is 0.0541 e. The Morgan fingerprint density at radius 1 is 0.350 bits per heavy atom. The molecule has 10 aromatic carbocycles. The van der Waals surface area contributed by atoms with Gasteiger partial charge in [0.15, 0.2) is 0 Å². The molecule has 1 aliphatic carbocycles. The zero-order chi connectivity index (χ0) is 39.6. The van der Waals surface area contributed by atoms with Crippen LogP contribution >= 0.6 is 0 Å². The Labute approximate surface area is 349 Å². The number of fused-ring (bicyclic) bond motifs is 4. The van der Waals surface area contributed by atoms with E-state index in [1.807, 2.05) is 0 Å². The van der Waals surface area contributed by atoms with Gasteiger partial charge < -0.3 is 9.47 Å². The van der Waals surface area contributed by atoms with E-state index in [1.165, 1.54) is 93.5 Å². The number of anilines is 3. The van der Waals surface area contributed by atoms with Gasteiger partial charge in [0, 0.05) is 33.2 Å². The van der Waals surface area contributed by atoms with Crippen LogP contribution in [0.1, 0.15) is 22.3 Å². The van der Waals surface area contributed by atoms with Crippen molar-refractivity contribution in [2.24, 2.45) is 0 Å². The van der Waals surface area contributed by atoms with Gasteiger partial charge in [-0.1, -0.05) is 164 Å². The molecular formula is C58H40N2. The summed E-state index contributed by atoms with van der Waals surface area (Å²) in [7, 11) is 0. The third-order valence-electron chi connectivity index (χ3n) is 12.6. The summed E-state index contributed by atoms with van der Waals surface area (Å²) in [4.78, 5) is 2.45. The SMILES string of the molecule is c1ccc(-c2ccc(N(c3cccc(-c4ccc(-n5c6ccccc6c6ccccc65)cc4)c3)c3ccc4c5cc(ccc35)Cc3cccc5cccc(c35)C4)cc2)cc1. The molecule has 1 aromatic heterocycles. The summed E-state index contributed by atoms with van der Waals surface area (Å²) in [5.74, 6) is 0. The fourth-order valence-electron chi connectivity index (χ4n) is 9.81. The lowest BCUT2D eigenvalue weighted by Gasteiger charge is -2.28. The molecule has 2 bridgehead atoms. The molecule has 282 valence electrons. The molecule has 0 atom stereocenters. The Morgan fingerprint density at radius 3 is 1.72 bits per heavy atom. The van der Waals surface area contributed by atoms with Crippen LogP contribution < -0.4 is 4.90 Å². The summed E-state index contributed by atoms with van der Waals surface area (Å²) < 4.78 is 2.38. The lowest BCUT2D eigenvalue weighted by Crippen LogP contribution is -2.11. The Kier molecular flexibility index (Phi) is 8.02. The minimum absolute atomic E-state index is 0.889. The Balaban J connectivity index is 0.985. The summed E-state index contributed by atoms with van der Waals surface area (Å²) in [6.07, 6.45) is 1.80. The van der Waals surface area contributed by atoms with Crippen molar-refractivity contribution in [1.29, 1.82) is 0 Å². The predicted molar refractivity (Wildman–Crippen MR) is 253 cm³/mol. The first kappa shape index (κ1) is 34.4. The summed E-state index contributed by atoms with van der Waals surface area (Å²) in [5, 5.41) is 7.83. The van der Waals surface area contributed by atoms with Crippen molar-refractivity contribution in [2.75, 3.05) is 4.90 Å². The molecule has 0 amide bonds. The van der Waals surface area contributed by atoms with Gasteiger partial charge in [0.25, 0.3) is 0 Å². The maximum Gasteiger partial charge on any atom is 0.0541 e. The van der Waals surface area contributed by atoms with Gasteiger partial charge in [0.2, 0.25) is 0 Å². The monoisotopic (exact) mass is 764 g/mol. The van der Waals surface area contributed by atoms with Crippen molar-refractivity contribution >= 4 is 60.4 Å². The van der Waals surface area contributed by atoms with Gasteiger partial charge in [-0.15, -0.1) is 0 Å². The molecule has 60 heavy (non-hydrogen) atoms. The maximum atomic E-state index is 2.45. The third kappa shape index (κ3) is 5.72. The highest BCUT2D eigenvalue weighted by Crippen LogP contribution is 2.43. The maximum absolute atomic E-state index is 2.45. The first-order chi connectivity index (χ1) is 29.7. The number of benzene rings is 10. The molecule has 0 unspecified atom stereocenters. The molecule has 2 nitrogen and oxygen atoms in total. The van der Waals surface area contributed by atoms with Crippen molar-refractivity contribution in [3.63, 3.8) is 0 Å². The fourth-order valence-corrected chi connectivity index (χ4v) is 9.81. The van der Waals surface area contributed by atoms with E-state index in [0.29, 0.717) is 0 Å². The number of para-hydroxylation sites is 2. The van der Waals surface area contributed by atoms with E-state index in [1.54, 1.807) is 0 Å². The van der Waals surface area contributed by atoms with Crippen LogP contribution in [0.2, 0.25) is 0 Å². The number of nitrogens with zero attached hydrogens (tertiary/aromatic N) is 2. The van der Waals surface area contributed by atoms with Gasteiger partial charge in [-0.25, -0.2) is 0 Å². The van der Waals surface area contributed by atoms with Crippen LogP contribution in [-0.2, 0) is 12.8 Å². The van der Waals surface area contributed by atoms with Crippen molar-refractivity contribution in [1.82, 2.24) is 4.57 Å². The second-order valence-electron chi connectivity index (χ2n) is 16.1. The highest BCUT2D eigenvalue weighted by molar-refractivity contribution is 6.09. The lowest BCUT2D eigenvalue weighted by molar-refractivity contribution is 1.18. The molecule has 0 saturated carbocycles. The number of aromatic nitrogens is 1. The average Bonchev–Trinajstić information content (AvgIpc) is 3.67. The molecule has 2 heteroatoms. The van der Waals surface area contributed by atoms with Crippen molar-refractivity contribution in [2.45, 2.75) is 12.8 Å². The zero-order valence-electron chi connectivity index (χ0n) is 33.1. The van der Waals surface area contributed by atoms with Gasteiger partial charge in [0.1, 0.15) is 0 Å². The van der Waals surface area contributed by atoms with Gasteiger partial charge in [-0.2, -0.15) is 0 Å². The van der Waals surface area contributed by atoms with Gasteiger partial charge in [0.05, 0.1) is 16.7 Å². The molecule has 0 fully saturated rings. The molecule has 12 rings (SSSR count). The lowest BCUT2D eigenvalue weighted by atomic mass is 9.93. The van der Waals surface area contributed by atoms with Crippen LogP contribution in [0.25, 0.3) is 71.3 Å². The van der Waals surface area contributed by atoms with Gasteiger partial charge in [-0.3, -0.25) is 0 Å². The first-order valence-electron chi connectivity index (χ1n) is 20.9. The molecule has 0 aliphatic heterocycles. The normalized spacial score (nSPS) is 12.2. The molecular weight excluding hydrogens is 725 g/mol. The van der Waals surface area contributed by atoms with Gasteiger partial charge in [-0.05, 0) is 128 Å². The van der Waals surface area contributed by atoms with Crippen LogP contribution in [0.3, 0.4) is 0 Å². The van der Waals surface area contributed by atoms with E-state index in [2.05, 4.69) is 228 Å². The highest BCUT2D eigenvalue weighted by Gasteiger charge is 2.21. The molecule has 0 spiro atoms. The van der Waals surface area contributed by atoms with Gasteiger partial charge >= 0.3 is 0 Å². The number of rotatable bonds is 6. The van der Waals surface area contributed by atoms with Crippen LogP contribution in [0, 0.1) is 0 Å². The number of hydrogen-bond donors (Lipinski definition) is 0. The van der Waals surface area contributed by atoms with Crippen LogP contribution in [-0.4, -0.2) is 4.57 Å². The highest BCUT2D eigenvalue weighted by atomic mass is 15.1. The van der Waals surface area contributed by atoms with E-state index in [0.717, 1.165) is 29.9 Å². The van der Waals surface area contributed by atoms with Crippen molar-refractivity contribution in [3.8, 4) is 27.9 Å². The van der Waals surface area contributed by atoms with Crippen LogP contribution in [0.5, 0.6) is 0 Å². The van der Waals surface area contributed by atoms with Crippen LogP contribution in [0.4, 0.5) is 17.1 Å². The molecule has 11 aromatic rings. The van der Waals surface area contributed by atoms with E-state index in [4.69, 9.17) is 0 Å². The summed E-state index contributed by atoms with van der Waals surface area (Å²) >= 11 is 0. The first-order valence-corrected chi connectivity index (χ1v) is 20.9. The Hall–Kier alpha value is -7.68. The zero-order valence-corrected chi connectivity index (χ0v) is 33.1. The molecule has 1 heterocycles.